The van der Waals surface area contributed by atoms with Crippen molar-refractivity contribution in [3.63, 3.8) is 0 Å². The van der Waals surface area contributed by atoms with Crippen LogP contribution in [0.4, 0.5) is 13.2 Å². The number of hydrogen-bond donors (Lipinski definition) is 2. The van der Waals surface area contributed by atoms with Crippen LogP contribution in [0.15, 0.2) is 18.2 Å². The quantitative estimate of drug-likeness (QED) is 0.735. The zero-order valence-electron chi connectivity index (χ0n) is 15.3. The Morgan fingerprint density at radius 3 is 2.57 bits per heavy atom. The third kappa shape index (κ3) is 2.96. The molecule has 1 aromatic carbocycles. The molecule has 8 heteroatoms. The molecule has 1 fully saturated rings. The van der Waals surface area contributed by atoms with Gasteiger partial charge in [-0.05, 0) is 50.3 Å². The molecule has 146 valence electrons. The van der Waals surface area contributed by atoms with Gasteiger partial charge in [-0.15, -0.1) is 0 Å². The Morgan fingerprint density at radius 1 is 1.32 bits per heavy atom. The predicted molar refractivity (Wildman–Crippen MR) is 95.4 cm³/mol. The first-order chi connectivity index (χ1) is 13.0. The molecule has 3 N–H and O–H groups in total. The Bertz CT molecular complexity index is 1050. The van der Waals surface area contributed by atoms with Crippen LogP contribution < -0.4 is 5.73 Å². The topological polar surface area (TPSA) is 81.1 Å². The van der Waals surface area contributed by atoms with Gasteiger partial charge in [-0.3, -0.25) is 4.79 Å². The molecular formula is C20H18F3N3O2. The van der Waals surface area contributed by atoms with Gasteiger partial charge in [-0.1, -0.05) is 17.9 Å². The van der Waals surface area contributed by atoms with Crippen molar-refractivity contribution in [1.29, 1.82) is 0 Å². The van der Waals surface area contributed by atoms with E-state index in [1.54, 1.807) is 26.0 Å². The molecule has 5 nitrogen and oxygen atoms in total. The Hall–Kier alpha value is -2.79. The normalized spacial score (nSPS) is 20.2. The number of imidazole rings is 1. The van der Waals surface area contributed by atoms with Crippen molar-refractivity contribution in [2.24, 2.45) is 5.73 Å². The van der Waals surface area contributed by atoms with Crippen LogP contribution in [-0.4, -0.2) is 26.2 Å². The number of amides is 1. The monoisotopic (exact) mass is 389 g/mol. The van der Waals surface area contributed by atoms with Gasteiger partial charge in [0.1, 0.15) is 11.4 Å². The van der Waals surface area contributed by atoms with Gasteiger partial charge in [0, 0.05) is 17.2 Å². The average molecular weight is 389 g/mol. The Balaban J connectivity index is 1.96. The van der Waals surface area contributed by atoms with Crippen LogP contribution >= 0.6 is 0 Å². The first kappa shape index (κ1) is 18.6. The van der Waals surface area contributed by atoms with Crippen molar-refractivity contribution in [3.05, 3.63) is 40.7 Å². The van der Waals surface area contributed by atoms with Crippen LogP contribution in [0, 0.1) is 11.8 Å². The molecule has 2 bridgehead atoms. The summed E-state index contributed by atoms with van der Waals surface area (Å²) in [5.74, 6) is 4.55. The molecule has 0 unspecified atom stereocenters. The highest BCUT2D eigenvalue weighted by atomic mass is 19.4. The number of carbonyl (C=O) groups excluding carboxylic acids is 1. The predicted octanol–water partition coefficient (Wildman–Crippen LogP) is 3.22. The highest BCUT2D eigenvalue weighted by Gasteiger charge is 2.48. The molecule has 5 rings (SSSR count). The number of nitrogens with zero attached hydrogens (tertiary/aromatic N) is 2. The lowest BCUT2D eigenvalue weighted by Crippen LogP contribution is -2.28. The Morgan fingerprint density at radius 2 is 2.00 bits per heavy atom. The van der Waals surface area contributed by atoms with Gasteiger partial charge in [0.15, 0.2) is 11.4 Å². The maximum Gasteiger partial charge on any atom is 0.433 e. The summed E-state index contributed by atoms with van der Waals surface area (Å²) < 4.78 is 42.3. The van der Waals surface area contributed by atoms with Crippen molar-refractivity contribution < 1.29 is 23.1 Å². The number of rotatable bonds is 1. The van der Waals surface area contributed by atoms with Crippen LogP contribution in [-0.2, 0) is 6.18 Å². The molecule has 0 radical (unpaired) electrons. The standard InChI is InChI=1S/C20H18F3N3O2/c1-19(2,28)6-5-10-3-4-13-11-8-12(9-11)26-16(20(21,22)23)15(17(24)27)25-18(26)14(13)7-10/h3-4,7,11-12,28H,8-9H2,1-2H3,(H2,24,27). The van der Waals surface area contributed by atoms with E-state index in [1.165, 1.54) is 0 Å². The second kappa shape index (κ2) is 5.85. The summed E-state index contributed by atoms with van der Waals surface area (Å²) in [4.78, 5) is 15.7. The van der Waals surface area contributed by atoms with E-state index >= 15 is 0 Å². The molecular weight excluding hydrogens is 371 g/mol. The van der Waals surface area contributed by atoms with Crippen LogP contribution in [0.1, 0.15) is 66.0 Å². The van der Waals surface area contributed by atoms with Crippen LogP contribution in [0.2, 0.25) is 0 Å². The highest BCUT2D eigenvalue weighted by molar-refractivity contribution is 5.93. The van der Waals surface area contributed by atoms with Crippen LogP contribution in [0.5, 0.6) is 0 Å². The average Bonchev–Trinajstić information content (AvgIpc) is 2.82. The van der Waals surface area contributed by atoms with Crippen molar-refractivity contribution in [3.8, 4) is 23.2 Å². The number of aliphatic hydroxyl groups is 1. The largest absolute Gasteiger partial charge is 0.433 e. The van der Waals surface area contributed by atoms with E-state index in [1.807, 2.05) is 6.07 Å². The molecule has 2 aliphatic heterocycles. The number of halogens is 3. The van der Waals surface area contributed by atoms with Crippen molar-refractivity contribution in [2.75, 3.05) is 0 Å². The second-order valence-electron chi connectivity index (χ2n) is 7.80. The lowest BCUT2D eigenvalue weighted by atomic mass is 9.75. The fourth-order valence-corrected chi connectivity index (χ4v) is 3.88. The number of aromatic nitrogens is 2. The Labute approximate surface area is 159 Å². The highest BCUT2D eigenvalue weighted by Crippen LogP contribution is 2.54. The summed E-state index contributed by atoms with van der Waals surface area (Å²) in [5, 5.41) is 9.79. The molecule has 1 saturated carbocycles. The summed E-state index contributed by atoms with van der Waals surface area (Å²) in [7, 11) is 0. The molecule has 1 amide bonds. The van der Waals surface area contributed by atoms with E-state index in [0.717, 1.165) is 10.1 Å². The number of carbonyl (C=O) groups is 1. The maximum absolute atomic E-state index is 13.7. The first-order valence-corrected chi connectivity index (χ1v) is 8.85. The fourth-order valence-electron chi connectivity index (χ4n) is 3.88. The van der Waals surface area contributed by atoms with Crippen molar-refractivity contribution in [1.82, 2.24) is 9.55 Å². The summed E-state index contributed by atoms with van der Waals surface area (Å²) in [5.41, 5.74) is 4.11. The number of alkyl halides is 3. The van der Waals surface area contributed by atoms with Gasteiger partial charge in [0.05, 0.1) is 0 Å². The zero-order chi connectivity index (χ0) is 20.4. The third-order valence-corrected chi connectivity index (χ3v) is 5.14. The second-order valence-corrected chi connectivity index (χ2v) is 7.80. The van der Waals surface area contributed by atoms with E-state index in [0.29, 0.717) is 24.0 Å². The molecule has 3 aliphatic rings. The minimum Gasteiger partial charge on any atom is -0.378 e. The van der Waals surface area contributed by atoms with Gasteiger partial charge < -0.3 is 15.4 Å². The first-order valence-electron chi connectivity index (χ1n) is 8.85. The SMILES string of the molecule is CC(C)(O)C#Cc1ccc2c(c1)-c1nc(C(N)=O)c(C(F)(F)F)n1C1CC2C1. The van der Waals surface area contributed by atoms with Crippen molar-refractivity contribution >= 4 is 5.91 Å². The van der Waals surface area contributed by atoms with Crippen molar-refractivity contribution in [2.45, 2.75) is 50.4 Å². The lowest BCUT2D eigenvalue weighted by Gasteiger charge is -2.35. The third-order valence-electron chi connectivity index (χ3n) is 5.14. The molecule has 28 heavy (non-hydrogen) atoms. The zero-order valence-corrected chi connectivity index (χ0v) is 15.3. The number of nitrogens with two attached hydrogens (primary N) is 1. The summed E-state index contributed by atoms with van der Waals surface area (Å²) >= 11 is 0. The molecule has 0 spiro atoms. The summed E-state index contributed by atoms with van der Waals surface area (Å²) in [6.07, 6.45) is -3.65. The van der Waals surface area contributed by atoms with E-state index in [-0.39, 0.29) is 17.8 Å². The minimum absolute atomic E-state index is 0.0908. The van der Waals surface area contributed by atoms with Gasteiger partial charge in [0.2, 0.25) is 0 Å². The number of hydrogen-bond acceptors (Lipinski definition) is 3. The van der Waals surface area contributed by atoms with Crippen LogP contribution in [0.3, 0.4) is 0 Å². The molecule has 1 aliphatic carbocycles. The van der Waals surface area contributed by atoms with Gasteiger partial charge >= 0.3 is 6.18 Å². The van der Waals surface area contributed by atoms with E-state index in [2.05, 4.69) is 16.8 Å². The molecule has 2 aromatic rings. The Kier molecular flexibility index (Phi) is 3.88. The van der Waals surface area contributed by atoms with Crippen LogP contribution in [0.25, 0.3) is 11.4 Å². The molecule has 1 aromatic heterocycles. The van der Waals surface area contributed by atoms with Gasteiger partial charge in [-0.25, -0.2) is 4.98 Å². The number of primary amides is 1. The fraction of sp³-hybridized carbons (Fsp3) is 0.400. The van der Waals surface area contributed by atoms with E-state index in [9.17, 15) is 23.1 Å². The minimum atomic E-state index is -4.75. The smallest absolute Gasteiger partial charge is 0.378 e. The van der Waals surface area contributed by atoms with E-state index in [4.69, 9.17) is 5.73 Å². The molecule has 0 saturated heterocycles. The number of benzene rings is 1. The lowest BCUT2D eigenvalue weighted by molar-refractivity contribution is -0.145. The maximum atomic E-state index is 13.7. The van der Waals surface area contributed by atoms with E-state index < -0.39 is 29.1 Å². The molecule has 3 heterocycles. The molecule has 0 atom stereocenters. The summed E-state index contributed by atoms with van der Waals surface area (Å²) in [6.45, 7) is 3.08. The summed E-state index contributed by atoms with van der Waals surface area (Å²) in [6, 6.07) is 4.91. The van der Waals surface area contributed by atoms with Gasteiger partial charge in [-0.2, -0.15) is 13.2 Å². The van der Waals surface area contributed by atoms with Gasteiger partial charge in [0.25, 0.3) is 5.91 Å².